The van der Waals surface area contributed by atoms with Gasteiger partial charge >= 0.3 is 0 Å². The van der Waals surface area contributed by atoms with Crippen LogP contribution in [0.3, 0.4) is 0 Å². The van der Waals surface area contributed by atoms with Crippen molar-refractivity contribution in [2.75, 3.05) is 98.9 Å². The first kappa shape index (κ1) is 67.4. The van der Waals surface area contributed by atoms with Crippen LogP contribution in [-0.2, 0) is 71.4 Å². The third kappa shape index (κ3) is 23.8. The van der Waals surface area contributed by atoms with Gasteiger partial charge in [0.15, 0.2) is 18.9 Å². The van der Waals surface area contributed by atoms with Crippen molar-refractivity contribution >= 4 is 35.4 Å². The molecule has 0 spiro atoms. The van der Waals surface area contributed by atoms with Crippen LogP contribution in [0.4, 0.5) is 0 Å². The second-order valence-corrected chi connectivity index (χ2v) is 19.2. The number of hydrogen-bond acceptors (Lipinski definition) is 24. The van der Waals surface area contributed by atoms with Gasteiger partial charge in [-0.3, -0.25) is 28.8 Å². The zero-order valence-corrected chi connectivity index (χ0v) is 44.2. The molecule has 77 heavy (non-hydrogen) atoms. The Morgan fingerprint density at radius 2 is 0.688 bits per heavy atom. The minimum atomic E-state index is -1.47. The second-order valence-electron chi connectivity index (χ2n) is 19.2. The van der Waals surface area contributed by atoms with Gasteiger partial charge in [0, 0.05) is 65.1 Å². The van der Waals surface area contributed by atoms with Crippen molar-refractivity contribution in [3.05, 3.63) is 0 Å². The van der Waals surface area contributed by atoms with E-state index in [1.165, 1.54) is 20.8 Å². The summed E-state index contributed by atoms with van der Waals surface area (Å²) < 4.78 is 51.2. The van der Waals surface area contributed by atoms with Crippen LogP contribution in [0.1, 0.15) is 66.2 Å². The summed E-state index contributed by atoms with van der Waals surface area (Å²) >= 11 is 0. The van der Waals surface area contributed by atoms with Gasteiger partial charge in [-0.2, -0.15) is 0 Å². The lowest BCUT2D eigenvalue weighted by atomic mass is 9.94. The number of rotatable bonds is 36. The van der Waals surface area contributed by atoms with Gasteiger partial charge in [0.25, 0.3) is 0 Å². The molecule has 0 aromatic carbocycles. The van der Waals surface area contributed by atoms with E-state index in [0.29, 0.717) is 19.3 Å². The highest BCUT2D eigenvalue weighted by atomic mass is 16.7. The van der Waals surface area contributed by atoms with Crippen LogP contribution in [0.2, 0.25) is 0 Å². The molecule has 0 aliphatic carbocycles. The van der Waals surface area contributed by atoms with E-state index in [1.807, 2.05) is 0 Å². The number of nitrogens with one attached hydrogen (secondary N) is 6. The first-order chi connectivity index (χ1) is 36.6. The van der Waals surface area contributed by atoms with Gasteiger partial charge in [-0.25, -0.2) is 0 Å². The van der Waals surface area contributed by atoms with Crippen molar-refractivity contribution in [3.8, 4) is 0 Å². The molecule has 6 unspecified atom stereocenters. The van der Waals surface area contributed by atoms with E-state index >= 15 is 0 Å². The monoisotopic (exact) mass is 1120 g/mol. The molecule has 3 rings (SSSR count). The number of aliphatic hydroxyl groups is 9. The van der Waals surface area contributed by atoms with Crippen molar-refractivity contribution in [2.45, 2.75) is 158 Å². The fourth-order valence-corrected chi connectivity index (χ4v) is 8.18. The molecule has 3 heterocycles. The smallest absolute Gasteiger partial charge is 0.222 e. The molecular weight excluding hydrogens is 1030 g/mol. The second kappa shape index (κ2) is 35.7. The summed E-state index contributed by atoms with van der Waals surface area (Å²) in [5, 5.41) is 106. The third-order valence-corrected chi connectivity index (χ3v) is 12.3. The Bertz CT molecular complexity index is 1580. The zero-order chi connectivity index (χ0) is 57.1. The third-order valence-electron chi connectivity index (χ3n) is 12.3. The van der Waals surface area contributed by atoms with Crippen LogP contribution >= 0.6 is 0 Å². The molecule has 15 N–H and O–H groups in total. The van der Waals surface area contributed by atoms with Gasteiger partial charge in [0.05, 0.1) is 79.3 Å². The normalized spacial score (nSPS) is 30.1. The lowest BCUT2D eigenvalue weighted by molar-refractivity contribution is -0.270. The number of aliphatic hydroxyl groups excluding tert-OH is 9. The maximum Gasteiger partial charge on any atom is 0.222 e. The lowest BCUT2D eigenvalue weighted by Crippen LogP contribution is -2.64. The molecule has 3 aliphatic heterocycles. The predicted molar refractivity (Wildman–Crippen MR) is 261 cm³/mol. The van der Waals surface area contributed by atoms with Crippen LogP contribution in [0, 0.1) is 5.41 Å². The van der Waals surface area contributed by atoms with Crippen molar-refractivity contribution in [2.24, 2.45) is 5.41 Å². The number of carbonyl (C=O) groups excluding carboxylic acids is 6. The van der Waals surface area contributed by atoms with Crippen LogP contribution in [0.25, 0.3) is 0 Å². The largest absolute Gasteiger partial charge is 0.394 e. The van der Waals surface area contributed by atoms with E-state index in [-0.39, 0.29) is 116 Å². The van der Waals surface area contributed by atoms with Crippen LogP contribution in [0.5, 0.6) is 0 Å². The Morgan fingerprint density at radius 3 is 0.922 bits per heavy atom. The molecule has 3 fully saturated rings. The first-order valence-corrected chi connectivity index (χ1v) is 25.7. The highest BCUT2D eigenvalue weighted by Gasteiger charge is 2.47. The van der Waals surface area contributed by atoms with Crippen LogP contribution < -0.4 is 31.9 Å². The molecule has 3 aliphatic rings. The van der Waals surface area contributed by atoms with Crippen LogP contribution in [0.15, 0.2) is 0 Å². The van der Waals surface area contributed by atoms with Crippen molar-refractivity contribution in [1.82, 2.24) is 31.9 Å². The first-order valence-electron chi connectivity index (χ1n) is 25.7. The maximum atomic E-state index is 12.6. The van der Waals surface area contributed by atoms with Crippen molar-refractivity contribution < 1.29 is 117 Å². The topological polar surface area (TPSA) is 440 Å². The number of amides is 6. The Morgan fingerprint density at radius 1 is 0.429 bits per heavy atom. The summed E-state index contributed by atoms with van der Waals surface area (Å²) in [7, 11) is 0. The minimum Gasteiger partial charge on any atom is -0.394 e. The highest BCUT2D eigenvalue weighted by molar-refractivity contribution is 5.77. The average molecular weight is 1120 g/mol. The standard InChI is InChI=1S/C47H84N6O24/c1-26(57)51-35-41(66)38(63)29(20-54)75-44(35)72-14-5-11-48-32(60)8-17-69-23-47(4,24-70-18-9-33(61)49-12-6-15-73-45-36(52-27(2)58)42(67)39(64)30(21-55)76-45)25-71-19-10-34(62)50-13-7-16-74-46-37(53-28(3)59)43(68)40(65)31(22-56)77-46/h29-31,35-46,54-56,63-68H,5-25H2,1-4H3,(H,48,60)(H,49,61)(H,50,62)(H,51,57)(H,52,58)(H,53,59)/t29?,30?,31?,35?,36?,37?,38-,39-,40-,41+,42+,43+,44+,45+,46+,47?/m0/s1. The quantitative estimate of drug-likeness (QED) is 0.0259. The van der Waals surface area contributed by atoms with Crippen molar-refractivity contribution in [1.29, 1.82) is 0 Å². The number of ether oxygens (including phenoxy) is 9. The van der Waals surface area contributed by atoms with E-state index in [4.69, 9.17) is 42.6 Å². The van der Waals surface area contributed by atoms with Gasteiger partial charge in [-0.05, 0) is 19.3 Å². The molecule has 0 saturated carbocycles. The summed E-state index contributed by atoms with van der Waals surface area (Å²) in [5.41, 5.74) is -0.825. The number of carbonyl (C=O) groups is 6. The molecular formula is C47H84N6O24. The summed E-state index contributed by atoms with van der Waals surface area (Å²) in [5.74, 6) is -2.51. The maximum absolute atomic E-state index is 12.6. The van der Waals surface area contributed by atoms with Crippen LogP contribution in [-0.4, -0.2) is 272 Å². The van der Waals surface area contributed by atoms with Gasteiger partial charge in [0.1, 0.15) is 73.1 Å². The summed E-state index contributed by atoms with van der Waals surface area (Å²) in [4.78, 5) is 73.0. The molecule has 30 nitrogen and oxygen atoms in total. The SMILES string of the molecule is CC(=O)NC1[C@H](OCCCNC(=O)CCOCC(C)(COCCC(=O)NCCCO[C@@H]2OC(CO)[C@H](O)[C@H](O)C2NC(C)=O)COCCC(=O)NCCCO[C@@H]2OC(CO)[C@H](O)[C@H](O)C2NC(C)=O)OC(CO)[C@H](O)[C@@H]1O. The lowest BCUT2D eigenvalue weighted by Gasteiger charge is -2.42. The average Bonchev–Trinajstić information content (AvgIpc) is 3.38. The molecule has 15 atom stereocenters. The predicted octanol–water partition coefficient (Wildman–Crippen LogP) is -7.39. The highest BCUT2D eigenvalue weighted by Crippen LogP contribution is 2.25. The minimum absolute atomic E-state index is 0.00384. The summed E-state index contributed by atoms with van der Waals surface area (Å²) in [6.07, 6.45) is -14.9. The zero-order valence-electron chi connectivity index (χ0n) is 44.2. The molecule has 0 radical (unpaired) electrons. The van der Waals surface area contributed by atoms with E-state index in [2.05, 4.69) is 31.9 Å². The van der Waals surface area contributed by atoms with Gasteiger partial charge in [0.2, 0.25) is 35.4 Å². The molecule has 30 heteroatoms. The van der Waals surface area contributed by atoms with E-state index in [1.54, 1.807) is 6.92 Å². The fourth-order valence-electron chi connectivity index (χ4n) is 8.18. The fraction of sp³-hybridized carbons (Fsp3) is 0.872. The Balaban J connectivity index is 1.43. The van der Waals surface area contributed by atoms with E-state index in [0.717, 1.165) is 0 Å². The Hall–Kier alpha value is -3.90. The molecule has 446 valence electrons. The van der Waals surface area contributed by atoms with Gasteiger partial charge < -0.3 is 120 Å². The molecule has 0 aromatic rings. The van der Waals surface area contributed by atoms with E-state index < -0.39 is 135 Å². The molecule has 0 bridgehead atoms. The molecule has 3 saturated heterocycles. The Kier molecular flexibility index (Phi) is 31.2. The van der Waals surface area contributed by atoms with E-state index in [9.17, 15) is 74.7 Å². The number of hydrogen-bond donors (Lipinski definition) is 15. The Labute approximate surface area is 446 Å². The summed E-state index contributed by atoms with van der Waals surface area (Å²) in [6, 6.07) is -3.31. The van der Waals surface area contributed by atoms with Gasteiger partial charge in [-0.1, -0.05) is 6.92 Å². The van der Waals surface area contributed by atoms with Crippen molar-refractivity contribution in [3.63, 3.8) is 0 Å². The summed E-state index contributed by atoms with van der Waals surface area (Å²) in [6.45, 7) is 4.45. The molecule has 0 aromatic heterocycles. The van der Waals surface area contributed by atoms with Gasteiger partial charge in [-0.15, -0.1) is 0 Å². The molecule has 6 amide bonds.